The molecular weight excluding hydrogens is 284 g/mol. The maximum absolute atomic E-state index is 12.2. The number of thioether (sulfide) groups is 1. The average Bonchev–Trinajstić information content (AvgIpc) is 3.14. The Bertz CT molecular complexity index is 537. The Morgan fingerprint density at radius 2 is 1.90 bits per heavy atom. The first-order valence-electron chi connectivity index (χ1n) is 7.54. The molecule has 1 saturated heterocycles. The minimum absolute atomic E-state index is 0.0192. The van der Waals surface area contributed by atoms with E-state index in [0.29, 0.717) is 17.4 Å². The maximum atomic E-state index is 12.2. The van der Waals surface area contributed by atoms with E-state index in [-0.39, 0.29) is 11.8 Å². The van der Waals surface area contributed by atoms with Crippen LogP contribution in [0, 0.1) is 0 Å². The predicted octanol–water partition coefficient (Wildman–Crippen LogP) is 2.29. The normalized spacial score (nSPS) is 17.8. The minimum atomic E-state index is -0.0192. The maximum Gasteiger partial charge on any atom is 0.252 e. The largest absolute Gasteiger partial charge is 0.349 e. The summed E-state index contributed by atoms with van der Waals surface area (Å²) in [5.74, 6) is 0.567. The van der Waals surface area contributed by atoms with Gasteiger partial charge in [0.15, 0.2) is 0 Å². The van der Waals surface area contributed by atoms with Gasteiger partial charge in [0.25, 0.3) is 5.91 Å². The quantitative estimate of drug-likeness (QED) is 0.849. The van der Waals surface area contributed by atoms with Gasteiger partial charge in [-0.15, -0.1) is 11.8 Å². The van der Waals surface area contributed by atoms with Crippen molar-refractivity contribution in [1.82, 2.24) is 10.2 Å². The van der Waals surface area contributed by atoms with Gasteiger partial charge in [0.1, 0.15) is 0 Å². The van der Waals surface area contributed by atoms with Gasteiger partial charge in [-0.25, -0.2) is 0 Å². The summed E-state index contributed by atoms with van der Waals surface area (Å²) in [6.45, 7) is 1.76. The van der Waals surface area contributed by atoms with Gasteiger partial charge >= 0.3 is 0 Å². The van der Waals surface area contributed by atoms with Gasteiger partial charge in [-0.05, 0) is 37.8 Å². The Balaban J connectivity index is 1.61. The highest BCUT2D eigenvalue weighted by atomic mass is 32.2. The number of nitrogens with zero attached hydrogens (tertiary/aromatic N) is 1. The van der Waals surface area contributed by atoms with E-state index in [2.05, 4.69) is 5.32 Å². The van der Waals surface area contributed by atoms with Crippen LogP contribution >= 0.6 is 11.8 Å². The number of hydrogen-bond donors (Lipinski definition) is 1. The molecular formula is C16H20N2O2S. The Hall–Kier alpha value is -1.49. The number of amides is 2. The third-order valence-corrected chi connectivity index (χ3v) is 4.91. The number of nitrogens with one attached hydrogen (secondary N) is 1. The number of benzene rings is 1. The minimum Gasteiger partial charge on any atom is -0.349 e. The number of carbonyl (C=O) groups is 2. The Kier molecular flexibility index (Phi) is 4.48. The number of likely N-dealkylation sites (tertiary alicyclic amines) is 1. The van der Waals surface area contributed by atoms with E-state index in [1.54, 1.807) is 0 Å². The highest BCUT2D eigenvalue weighted by Crippen LogP contribution is 2.25. The van der Waals surface area contributed by atoms with Crippen LogP contribution in [0.2, 0.25) is 0 Å². The van der Waals surface area contributed by atoms with Crippen molar-refractivity contribution in [2.45, 2.75) is 36.6 Å². The first kappa shape index (κ1) is 14.4. The van der Waals surface area contributed by atoms with Crippen molar-refractivity contribution in [2.24, 2.45) is 0 Å². The third kappa shape index (κ3) is 3.79. The van der Waals surface area contributed by atoms with Crippen LogP contribution in [0.3, 0.4) is 0 Å². The molecule has 3 rings (SSSR count). The lowest BCUT2D eigenvalue weighted by molar-refractivity contribution is -0.127. The SMILES string of the molecule is O=C(NC1CC1)c1ccccc1SCC(=O)N1CCCC1. The summed E-state index contributed by atoms with van der Waals surface area (Å²) in [6.07, 6.45) is 4.37. The van der Waals surface area contributed by atoms with Gasteiger partial charge in [-0.1, -0.05) is 12.1 Å². The highest BCUT2D eigenvalue weighted by molar-refractivity contribution is 8.00. The molecule has 0 atom stereocenters. The molecule has 5 heteroatoms. The fourth-order valence-electron chi connectivity index (χ4n) is 2.47. The fraction of sp³-hybridized carbons (Fsp3) is 0.500. The van der Waals surface area contributed by atoms with Gasteiger partial charge < -0.3 is 10.2 Å². The summed E-state index contributed by atoms with van der Waals surface area (Å²) in [5, 5.41) is 3.01. The molecule has 2 aliphatic rings. The van der Waals surface area contributed by atoms with Crippen LogP contribution in [0.15, 0.2) is 29.2 Å². The fourth-order valence-corrected chi connectivity index (χ4v) is 3.42. The van der Waals surface area contributed by atoms with E-state index < -0.39 is 0 Å². The van der Waals surface area contributed by atoms with Crippen LogP contribution in [0.25, 0.3) is 0 Å². The van der Waals surface area contributed by atoms with Crippen molar-refractivity contribution in [3.05, 3.63) is 29.8 Å². The molecule has 0 radical (unpaired) electrons. The van der Waals surface area contributed by atoms with Crippen molar-refractivity contribution >= 4 is 23.6 Å². The lowest BCUT2D eigenvalue weighted by Crippen LogP contribution is -2.29. The first-order valence-corrected chi connectivity index (χ1v) is 8.53. The molecule has 1 aliphatic heterocycles. The van der Waals surface area contributed by atoms with Crippen LogP contribution in [0.4, 0.5) is 0 Å². The number of rotatable bonds is 5. The van der Waals surface area contributed by atoms with Crippen molar-refractivity contribution in [2.75, 3.05) is 18.8 Å². The number of carbonyl (C=O) groups excluding carboxylic acids is 2. The van der Waals surface area contributed by atoms with Gasteiger partial charge in [-0.2, -0.15) is 0 Å². The molecule has 1 aromatic rings. The van der Waals surface area contributed by atoms with Crippen molar-refractivity contribution in [3.8, 4) is 0 Å². The van der Waals surface area contributed by atoms with Crippen LogP contribution < -0.4 is 5.32 Å². The van der Waals surface area contributed by atoms with Gasteiger partial charge in [0.05, 0.1) is 11.3 Å². The molecule has 1 saturated carbocycles. The van der Waals surface area contributed by atoms with Crippen molar-refractivity contribution in [3.63, 3.8) is 0 Å². The summed E-state index contributed by atoms with van der Waals surface area (Å²) in [4.78, 5) is 27.1. The molecule has 1 aromatic carbocycles. The summed E-state index contributed by atoms with van der Waals surface area (Å²) in [5.41, 5.74) is 0.684. The first-order chi connectivity index (χ1) is 10.2. The summed E-state index contributed by atoms with van der Waals surface area (Å²) in [6, 6.07) is 7.89. The molecule has 0 aromatic heterocycles. The summed E-state index contributed by atoms with van der Waals surface area (Å²) < 4.78 is 0. The topological polar surface area (TPSA) is 49.4 Å². The smallest absolute Gasteiger partial charge is 0.252 e. The Morgan fingerprint density at radius 3 is 2.62 bits per heavy atom. The van der Waals surface area contributed by atoms with Crippen molar-refractivity contribution in [1.29, 1.82) is 0 Å². The van der Waals surface area contributed by atoms with Crippen LogP contribution in [0.1, 0.15) is 36.0 Å². The standard InChI is InChI=1S/C16H20N2O2S/c19-15(18-9-3-4-10-18)11-21-14-6-2-1-5-13(14)16(20)17-12-7-8-12/h1-2,5-6,12H,3-4,7-11H2,(H,17,20). The Labute approximate surface area is 129 Å². The Morgan fingerprint density at radius 1 is 1.19 bits per heavy atom. The van der Waals surface area contributed by atoms with Crippen LogP contribution in [-0.2, 0) is 4.79 Å². The third-order valence-electron chi connectivity index (χ3n) is 3.85. The molecule has 1 heterocycles. The van der Waals surface area contributed by atoms with E-state index in [1.165, 1.54) is 11.8 Å². The lowest BCUT2D eigenvalue weighted by Gasteiger charge is -2.15. The van der Waals surface area contributed by atoms with Gasteiger partial charge in [-0.3, -0.25) is 9.59 Å². The molecule has 1 N–H and O–H groups in total. The van der Waals surface area contributed by atoms with Gasteiger partial charge in [0, 0.05) is 24.0 Å². The van der Waals surface area contributed by atoms with E-state index in [4.69, 9.17) is 0 Å². The molecule has 4 nitrogen and oxygen atoms in total. The predicted molar refractivity (Wildman–Crippen MR) is 83.5 cm³/mol. The zero-order valence-electron chi connectivity index (χ0n) is 12.0. The zero-order chi connectivity index (χ0) is 14.7. The molecule has 1 aliphatic carbocycles. The average molecular weight is 304 g/mol. The van der Waals surface area contributed by atoms with E-state index in [1.807, 2.05) is 29.2 Å². The zero-order valence-corrected chi connectivity index (χ0v) is 12.8. The van der Waals surface area contributed by atoms with E-state index in [0.717, 1.165) is 43.7 Å². The lowest BCUT2D eigenvalue weighted by atomic mass is 10.2. The van der Waals surface area contributed by atoms with Crippen LogP contribution in [0.5, 0.6) is 0 Å². The monoisotopic (exact) mass is 304 g/mol. The highest BCUT2D eigenvalue weighted by Gasteiger charge is 2.25. The van der Waals surface area contributed by atoms with E-state index in [9.17, 15) is 9.59 Å². The molecule has 0 spiro atoms. The summed E-state index contributed by atoms with van der Waals surface area (Å²) >= 11 is 1.47. The molecule has 0 bridgehead atoms. The molecule has 2 amide bonds. The summed E-state index contributed by atoms with van der Waals surface area (Å²) in [7, 11) is 0. The second-order valence-corrected chi connectivity index (χ2v) is 6.64. The molecule has 2 fully saturated rings. The second-order valence-electron chi connectivity index (χ2n) is 5.62. The van der Waals surface area contributed by atoms with Gasteiger partial charge in [0.2, 0.25) is 5.91 Å². The molecule has 21 heavy (non-hydrogen) atoms. The second kappa shape index (κ2) is 6.52. The van der Waals surface area contributed by atoms with Crippen molar-refractivity contribution < 1.29 is 9.59 Å². The van der Waals surface area contributed by atoms with E-state index >= 15 is 0 Å². The number of hydrogen-bond acceptors (Lipinski definition) is 3. The van der Waals surface area contributed by atoms with Crippen LogP contribution in [-0.4, -0.2) is 41.6 Å². The molecule has 0 unspecified atom stereocenters. The molecule has 112 valence electrons.